The van der Waals surface area contributed by atoms with Crippen molar-refractivity contribution in [2.75, 3.05) is 13.1 Å². The minimum absolute atomic E-state index is 0.0877. The van der Waals surface area contributed by atoms with E-state index in [-0.39, 0.29) is 16.5 Å². The van der Waals surface area contributed by atoms with Gasteiger partial charge in [-0.3, -0.25) is 0 Å². The molecule has 5 nitrogen and oxygen atoms in total. The summed E-state index contributed by atoms with van der Waals surface area (Å²) in [5.74, 6) is -0.189. The Balaban J connectivity index is 2.02. The molecule has 7 heteroatoms. The lowest BCUT2D eigenvalue weighted by Gasteiger charge is -2.20. The number of hydrogen-bond donors (Lipinski definition) is 0. The summed E-state index contributed by atoms with van der Waals surface area (Å²) in [5.41, 5.74) is 0.475. The molecule has 1 heterocycles. The van der Waals surface area contributed by atoms with Gasteiger partial charge in [0, 0.05) is 23.1 Å². The molecule has 3 rings (SSSR count). The average Bonchev–Trinajstić information content (AvgIpc) is 3.32. The summed E-state index contributed by atoms with van der Waals surface area (Å²) >= 11 is 3.26. The van der Waals surface area contributed by atoms with Gasteiger partial charge in [-0.2, -0.15) is 12.8 Å². The molecular weight excluding hydrogens is 368 g/mol. The monoisotopic (exact) mass is 379 g/mol. The van der Waals surface area contributed by atoms with Gasteiger partial charge >= 0.3 is 0 Å². The van der Waals surface area contributed by atoms with Crippen LogP contribution in [0.4, 0.5) is 0 Å². The largest absolute Gasteiger partial charge is 0.860 e. The minimum atomic E-state index is -3.86. The molecule has 1 fully saturated rings. The van der Waals surface area contributed by atoms with Crippen molar-refractivity contribution in [3.05, 3.63) is 64.5 Å². The fourth-order valence-electron chi connectivity index (χ4n) is 1.95. The van der Waals surface area contributed by atoms with Crippen molar-refractivity contribution in [1.29, 1.82) is 0 Å². The molecule has 1 aliphatic carbocycles. The first-order valence-electron chi connectivity index (χ1n) is 6.59. The molecule has 1 aliphatic heterocycles. The van der Waals surface area contributed by atoms with Gasteiger partial charge in [-0.25, -0.2) is 0 Å². The third-order valence-corrected chi connectivity index (χ3v) is 5.03. The van der Waals surface area contributed by atoms with Gasteiger partial charge in [0.15, 0.2) is 0 Å². The van der Waals surface area contributed by atoms with Crippen LogP contribution in [0, 0.1) is 0 Å². The third-order valence-electron chi connectivity index (χ3n) is 3.20. The zero-order valence-corrected chi connectivity index (χ0v) is 13.8. The maximum Gasteiger partial charge on any atom is 0.282 e. The van der Waals surface area contributed by atoms with Crippen molar-refractivity contribution in [3.8, 4) is 0 Å². The Morgan fingerprint density at radius 1 is 1.14 bits per heavy atom. The lowest BCUT2D eigenvalue weighted by atomic mass is 10.1. The quantitative estimate of drug-likeness (QED) is 0.590. The first kappa shape index (κ1) is 15.1. The highest BCUT2D eigenvalue weighted by Gasteiger charge is 2.20. The normalized spacial score (nSPS) is 21.3. The van der Waals surface area contributed by atoms with Crippen LogP contribution < -0.4 is 5.11 Å². The van der Waals surface area contributed by atoms with Crippen LogP contribution in [-0.4, -0.2) is 32.1 Å². The van der Waals surface area contributed by atoms with Crippen LogP contribution >= 0.6 is 15.9 Å². The van der Waals surface area contributed by atoms with Gasteiger partial charge in [0.1, 0.15) is 0 Å². The van der Waals surface area contributed by atoms with Gasteiger partial charge in [-0.05, 0) is 36.2 Å². The second-order valence-corrected chi connectivity index (χ2v) is 7.35. The van der Waals surface area contributed by atoms with Crippen LogP contribution in [0.5, 0.6) is 0 Å². The van der Waals surface area contributed by atoms with Crippen molar-refractivity contribution < 1.29 is 13.5 Å². The van der Waals surface area contributed by atoms with Crippen LogP contribution in [0.25, 0.3) is 0 Å². The van der Waals surface area contributed by atoms with Crippen LogP contribution in [0.1, 0.15) is 0 Å². The number of rotatable bonds is 3. The fraction of sp³-hybridized carbons (Fsp3) is 0.133. The van der Waals surface area contributed by atoms with Gasteiger partial charge in [0.05, 0.1) is 10.6 Å². The summed E-state index contributed by atoms with van der Waals surface area (Å²) in [7, 11) is -3.86. The van der Waals surface area contributed by atoms with E-state index in [2.05, 4.69) is 20.3 Å². The number of nitrogens with zero attached hydrogens (tertiary/aromatic N) is 2. The van der Waals surface area contributed by atoms with E-state index in [0.29, 0.717) is 18.7 Å². The molecule has 0 atom stereocenters. The third kappa shape index (κ3) is 3.15. The molecule has 0 amide bonds. The number of allylic oxidation sites excluding steroid dienone is 5. The number of sulfonamides is 1. The van der Waals surface area contributed by atoms with E-state index in [4.69, 9.17) is 0 Å². The smallest absolute Gasteiger partial charge is 0.282 e. The Bertz CT molecular complexity index is 817. The molecule has 0 spiro atoms. The van der Waals surface area contributed by atoms with Gasteiger partial charge < -0.3 is 10.0 Å². The first-order chi connectivity index (χ1) is 10.5. The summed E-state index contributed by atoms with van der Waals surface area (Å²) in [4.78, 5) is 1.71. The summed E-state index contributed by atoms with van der Waals surface area (Å²) in [5, 5.41) is 12.2. The molecule has 2 aliphatic rings. The Labute approximate surface area is 137 Å². The maximum atomic E-state index is 12.4. The molecule has 0 N–H and O–H groups in total. The number of halogens is 1. The second-order valence-electron chi connectivity index (χ2n) is 4.83. The van der Waals surface area contributed by atoms with Gasteiger partial charge in [-0.1, -0.05) is 34.2 Å². The summed E-state index contributed by atoms with van der Waals surface area (Å²) in [6, 6.07) is 6.21. The molecule has 0 aromatic heterocycles. The topological polar surface area (TPSA) is 72.6 Å². The standard InChI is InChI=1S/C15H13BrN2O3S/c16-11-5-7-12(8-6-11)22(20,21)17-14-4-2-1-3-13(14)15(19)18-9-10-18/h1-8,19H,9-10H2/p-1. The van der Waals surface area contributed by atoms with Crippen molar-refractivity contribution in [2.24, 2.45) is 4.40 Å². The summed E-state index contributed by atoms with van der Waals surface area (Å²) in [6.45, 7) is 1.40. The number of benzene rings is 1. The molecule has 22 heavy (non-hydrogen) atoms. The SMILES string of the molecule is O=S(=O)(N=C1C=CC=CC1=C([O-])N1CC1)c1ccc(Br)cc1. The molecule has 1 aromatic rings. The Morgan fingerprint density at radius 2 is 1.77 bits per heavy atom. The van der Waals surface area contributed by atoms with E-state index in [9.17, 15) is 13.5 Å². The molecule has 114 valence electrons. The van der Waals surface area contributed by atoms with Gasteiger partial charge in [0.25, 0.3) is 10.0 Å². The van der Waals surface area contributed by atoms with Crippen molar-refractivity contribution in [1.82, 2.24) is 4.90 Å². The zero-order chi connectivity index (χ0) is 15.7. The predicted octanol–water partition coefficient (Wildman–Crippen LogP) is 1.59. The van der Waals surface area contributed by atoms with Gasteiger partial charge in [-0.15, -0.1) is 0 Å². The van der Waals surface area contributed by atoms with Crippen LogP contribution in [0.3, 0.4) is 0 Å². The van der Waals surface area contributed by atoms with Crippen molar-refractivity contribution >= 4 is 31.7 Å². The Morgan fingerprint density at radius 3 is 2.41 bits per heavy atom. The molecule has 0 saturated carbocycles. The Hall–Kier alpha value is -1.86. The molecule has 1 saturated heterocycles. The van der Waals surface area contributed by atoms with E-state index in [1.165, 1.54) is 18.2 Å². The molecule has 1 aromatic carbocycles. The summed E-state index contributed by atoms with van der Waals surface area (Å²) < 4.78 is 29.3. The van der Waals surface area contributed by atoms with Crippen molar-refractivity contribution in [2.45, 2.75) is 4.90 Å². The van der Waals surface area contributed by atoms with Crippen LogP contribution in [-0.2, 0) is 10.0 Å². The molecule has 0 unspecified atom stereocenters. The maximum absolute atomic E-state index is 12.4. The minimum Gasteiger partial charge on any atom is -0.860 e. The highest BCUT2D eigenvalue weighted by Crippen LogP contribution is 2.22. The predicted molar refractivity (Wildman–Crippen MR) is 85.6 cm³/mol. The van der Waals surface area contributed by atoms with Crippen LogP contribution in [0.2, 0.25) is 0 Å². The highest BCUT2D eigenvalue weighted by atomic mass is 79.9. The first-order valence-corrected chi connectivity index (χ1v) is 8.82. The fourth-order valence-corrected chi connectivity index (χ4v) is 3.21. The molecular formula is C15H12BrN2O3S-. The van der Waals surface area contributed by atoms with E-state index >= 15 is 0 Å². The van der Waals surface area contributed by atoms with E-state index in [1.54, 1.807) is 35.3 Å². The lowest BCUT2D eigenvalue weighted by molar-refractivity contribution is -0.323. The Kier molecular flexibility index (Phi) is 3.92. The molecule has 0 radical (unpaired) electrons. The second kappa shape index (κ2) is 5.73. The van der Waals surface area contributed by atoms with E-state index in [0.717, 1.165) is 4.47 Å². The summed E-state index contributed by atoms with van der Waals surface area (Å²) in [6.07, 6.45) is 6.49. The van der Waals surface area contributed by atoms with Crippen molar-refractivity contribution in [3.63, 3.8) is 0 Å². The van der Waals surface area contributed by atoms with Crippen LogP contribution in [0.15, 0.2) is 73.8 Å². The van der Waals surface area contributed by atoms with Gasteiger partial charge in [0.2, 0.25) is 0 Å². The zero-order valence-electron chi connectivity index (χ0n) is 11.4. The highest BCUT2D eigenvalue weighted by molar-refractivity contribution is 9.10. The lowest BCUT2D eigenvalue weighted by Crippen LogP contribution is -2.20. The molecule has 0 bridgehead atoms. The number of hydrogen-bond acceptors (Lipinski definition) is 4. The van der Waals surface area contributed by atoms with E-state index in [1.807, 2.05) is 0 Å². The average molecular weight is 380 g/mol. The van der Waals surface area contributed by atoms with E-state index < -0.39 is 10.0 Å².